The highest BCUT2D eigenvalue weighted by Crippen LogP contribution is 2.25. The molecular formula is C15H23FN2O. The van der Waals surface area contributed by atoms with Crippen molar-refractivity contribution in [3.05, 3.63) is 35.1 Å². The van der Waals surface area contributed by atoms with Gasteiger partial charge in [0.1, 0.15) is 5.82 Å². The highest BCUT2D eigenvalue weighted by Gasteiger charge is 2.28. The minimum absolute atomic E-state index is 0.0325. The molecule has 1 aliphatic heterocycles. The summed E-state index contributed by atoms with van der Waals surface area (Å²) in [6.07, 6.45) is 0.0687. The average Bonchev–Trinajstić information content (AvgIpc) is 2.44. The van der Waals surface area contributed by atoms with E-state index >= 15 is 0 Å². The van der Waals surface area contributed by atoms with Crippen molar-refractivity contribution >= 4 is 0 Å². The number of rotatable bonds is 4. The van der Waals surface area contributed by atoms with E-state index in [1.807, 2.05) is 20.0 Å². The van der Waals surface area contributed by atoms with Gasteiger partial charge in [0.25, 0.3) is 0 Å². The zero-order valence-corrected chi connectivity index (χ0v) is 11.9. The molecule has 0 aliphatic carbocycles. The predicted octanol–water partition coefficient (Wildman–Crippen LogP) is 2.12. The fourth-order valence-corrected chi connectivity index (χ4v) is 2.71. The van der Waals surface area contributed by atoms with E-state index in [-0.39, 0.29) is 18.0 Å². The maximum Gasteiger partial charge on any atom is 0.123 e. The van der Waals surface area contributed by atoms with Crippen LogP contribution in [0.2, 0.25) is 0 Å². The maximum absolute atomic E-state index is 13.5. The standard InChI is InChI=1S/C15H23FN2O/c1-4-18-7-8-19-14(10-18)15(17-3)13-9-12(16)6-5-11(13)2/h5-6,9,14-15,17H,4,7-8,10H2,1-3H3. The van der Waals surface area contributed by atoms with E-state index in [1.165, 1.54) is 6.07 Å². The number of hydrogen-bond donors (Lipinski definition) is 1. The monoisotopic (exact) mass is 266 g/mol. The Morgan fingerprint density at radius 1 is 1.53 bits per heavy atom. The quantitative estimate of drug-likeness (QED) is 0.903. The molecule has 1 heterocycles. The summed E-state index contributed by atoms with van der Waals surface area (Å²) in [6.45, 7) is 7.80. The lowest BCUT2D eigenvalue weighted by Gasteiger charge is -2.37. The van der Waals surface area contributed by atoms with E-state index < -0.39 is 0 Å². The Morgan fingerprint density at radius 3 is 3.00 bits per heavy atom. The number of aryl methyl sites for hydroxylation is 1. The molecule has 2 rings (SSSR count). The minimum Gasteiger partial charge on any atom is -0.374 e. The van der Waals surface area contributed by atoms with Crippen LogP contribution in [0.15, 0.2) is 18.2 Å². The van der Waals surface area contributed by atoms with E-state index in [0.29, 0.717) is 0 Å². The van der Waals surface area contributed by atoms with Gasteiger partial charge in [-0.3, -0.25) is 4.90 Å². The minimum atomic E-state index is -0.191. The molecule has 0 saturated carbocycles. The van der Waals surface area contributed by atoms with E-state index in [9.17, 15) is 4.39 Å². The van der Waals surface area contributed by atoms with E-state index in [0.717, 1.165) is 37.4 Å². The van der Waals surface area contributed by atoms with Crippen LogP contribution >= 0.6 is 0 Å². The lowest BCUT2D eigenvalue weighted by Crippen LogP contribution is -2.47. The average molecular weight is 266 g/mol. The fraction of sp³-hybridized carbons (Fsp3) is 0.600. The van der Waals surface area contributed by atoms with Crippen molar-refractivity contribution in [1.82, 2.24) is 10.2 Å². The summed E-state index contributed by atoms with van der Waals surface area (Å²) in [5.41, 5.74) is 2.09. The highest BCUT2D eigenvalue weighted by molar-refractivity contribution is 5.30. The van der Waals surface area contributed by atoms with Crippen LogP contribution in [0.5, 0.6) is 0 Å². The number of morpholine rings is 1. The molecule has 1 saturated heterocycles. The van der Waals surface area contributed by atoms with Gasteiger partial charge in [-0.25, -0.2) is 4.39 Å². The summed E-state index contributed by atoms with van der Waals surface area (Å²) in [7, 11) is 1.91. The van der Waals surface area contributed by atoms with Crippen LogP contribution in [-0.4, -0.2) is 44.3 Å². The van der Waals surface area contributed by atoms with Crippen molar-refractivity contribution in [1.29, 1.82) is 0 Å². The van der Waals surface area contributed by atoms with Crippen LogP contribution in [0, 0.1) is 12.7 Å². The van der Waals surface area contributed by atoms with Crippen LogP contribution < -0.4 is 5.32 Å². The fourth-order valence-electron chi connectivity index (χ4n) is 2.71. The van der Waals surface area contributed by atoms with E-state index in [1.54, 1.807) is 6.07 Å². The molecule has 1 aromatic rings. The molecule has 1 aromatic carbocycles. The van der Waals surface area contributed by atoms with E-state index in [4.69, 9.17) is 4.74 Å². The first-order valence-corrected chi connectivity index (χ1v) is 6.93. The van der Waals surface area contributed by atoms with Crippen LogP contribution in [0.25, 0.3) is 0 Å². The molecule has 4 heteroatoms. The third kappa shape index (κ3) is 3.32. The van der Waals surface area contributed by atoms with Crippen molar-refractivity contribution in [3.8, 4) is 0 Å². The number of benzene rings is 1. The molecule has 2 unspecified atom stereocenters. The van der Waals surface area contributed by atoms with Gasteiger partial charge in [-0.05, 0) is 43.8 Å². The van der Waals surface area contributed by atoms with Gasteiger partial charge in [0.05, 0.1) is 18.8 Å². The number of nitrogens with one attached hydrogen (secondary N) is 1. The molecule has 106 valence electrons. The summed E-state index contributed by atoms with van der Waals surface area (Å²) in [5, 5.41) is 3.28. The van der Waals surface area contributed by atoms with Gasteiger partial charge in [0.2, 0.25) is 0 Å². The van der Waals surface area contributed by atoms with Crippen LogP contribution in [0.4, 0.5) is 4.39 Å². The number of nitrogens with zero attached hydrogens (tertiary/aromatic N) is 1. The molecule has 0 amide bonds. The number of hydrogen-bond acceptors (Lipinski definition) is 3. The van der Waals surface area contributed by atoms with Crippen molar-refractivity contribution in [2.75, 3.05) is 33.3 Å². The van der Waals surface area contributed by atoms with Gasteiger partial charge in [-0.2, -0.15) is 0 Å². The van der Waals surface area contributed by atoms with Crippen LogP contribution in [0.1, 0.15) is 24.1 Å². The Bertz CT molecular complexity index is 425. The second-order valence-corrected chi connectivity index (χ2v) is 5.07. The largest absolute Gasteiger partial charge is 0.374 e. The molecule has 1 aliphatic rings. The molecule has 0 spiro atoms. The molecule has 1 N–H and O–H groups in total. The Hall–Kier alpha value is -0.970. The lowest BCUT2D eigenvalue weighted by molar-refractivity contribution is -0.0445. The molecule has 3 nitrogen and oxygen atoms in total. The third-order valence-corrected chi connectivity index (χ3v) is 3.88. The zero-order chi connectivity index (χ0) is 13.8. The summed E-state index contributed by atoms with van der Waals surface area (Å²) in [4.78, 5) is 2.37. The van der Waals surface area contributed by atoms with Crippen LogP contribution in [0.3, 0.4) is 0 Å². The summed E-state index contributed by atoms with van der Waals surface area (Å²) < 4.78 is 19.4. The molecular weight excluding hydrogens is 243 g/mol. The normalized spacial score (nSPS) is 22.4. The van der Waals surface area contributed by atoms with Gasteiger partial charge in [-0.15, -0.1) is 0 Å². The SMILES string of the molecule is CCN1CCOC(C(NC)c2cc(F)ccc2C)C1. The van der Waals surface area contributed by atoms with Gasteiger partial charge in [0.15, 0.2) is 0 Å². The Morgan fingerprint density at radius 2 is 2.32 bits per heavy atom. The summed E-state index contributed by atoms with van der Waals surface area (Å²) in [5.74, 6) is -0.191. The molecule has 0 radical (unpaired) electrons. The molecule has 0 aromatic heterocycles. The Labute approximate surface area is 114 Å². The summed E-state index contributed by atoms with van der Waals surface area (Å²) >= 11 is 0. The molecule has 19 heavy (non-hydrogen) atoms. The van der Waals surface area contributed by atoms with Gasteiger partial charge >= 0.3 is 0 Å². The zero-order valence-electron chi connectivity index (χ0n) is 11.9. The van der Waals surface area contributed by atoms with Crippen molar-refractivity contribution < 1.29 is 9.13 Å². The van der Waals surface area contributed by atoms with E-state index in [2.05, 4.69) is 17.1 Å². The second-order valence-electron chi connectivity index (χ2n) is 5.07. The Kier molecular flexibility index (Phi) is 4.91. The first-order chi connectivity index (χ1) is 9.15. The van der Waals surface area contributed by atoms with Crippen LogP contribution in [-0.2, 0) is 4.74 Å². The molecule has 0 bridgehead atoms. The topological polar surface area (TPSA) is 24.5 Å². The predicted molar refractivity (Wildman–Crippen MR) is 74.8 cm³/mol. The van der Waals surface area contributed by atoms with Crippen molar-refractivity contribution in [2.24, 2.45) is 0 Å². The summed E-state index contributed by atoms with van der Waals surface area (Å²) in [6, 6.07) is 4.98. The van der Waals surface area contributed by atoms with Gasteiger partial charge < -0.3 is 10.1 Å². The third-order valence-electron chi connectivity index (χ3n) is 3.88. The molecule has 2 atom stereocenters. The number of halogens is 1. The Balaban J connectivity index is 2.21. The molecule has 1 fully saturated rings. The van der Waals surface area contributed by atoms with Gasteiger partial charge in [-0.1, -0.05) is 13.0 Å². The van der Waals surface area contributed by atoms with Gasteiger partial charge in [0, 0.05) is 13.1 Å². The van der Waals surface area contributed by atoms with Crippen molar-refractivity contribution in [2.45, 2.75) is 26.0 Å². The number of likely N-dealkylation sites (N-methyl/N-ethyl adjacent to an activating group) is 2. The van der Waals surface area contributed by atoms with Crippen molar-refractivity contribution in [3.63, 3.8) is 0 Å². The lowest BCUT2D eigenvalue weighted by atomic mass is 9.96. The smallest absolute Gasteiger partial charge is 0.123 e. The highest BCUT2D eigenvalue weighted by atomic mass is 19.1. The first kappa shape index (κ1) is 14.4. The maximum atomic E-state index is 13.5. The second kappa shape index (κ2) is 6.46. The first-order valence-electron chi connectivity index (χ1n) is 6.93. The number of ether oxygens (including phenoxy) is 1.